The summed E-state index contributed by atoms with van der Waals surface area (Å²) in [6.07, 6.45) is 0. The summed E-state index contributed by atoms with van der Waals surface area (Å²) in [4.78, 5) is 4.24. The van der Waals surface area contributed by atoms with E-state index in [0.29, 0.717) is 5.69 Å². The molecule has 0 bridgehead atoms. The van der Waals surface area contributed by atoms with Crippen molar-refractivity contribution in [3.8, 4) is 6.07 Å². The summed E-state index contributed by atoms with van der Waals surface area (Å²) >= 11 is 0. The zero-order valence-electron chi connectivity index (χ0n) is 11.4. The lowest BCUT2D eigenvalue weighted by Crippen LogP contribution is -2.10. The second kappa shape index (κ2) is 5.53. The topological polar surface area (TPSA) is 48.7 Å². The van der Waals surface area contributed by atoms with E-state index >= 15 is 0 Å². The van der Waals surface area contributed by atoms with Crippen LogP contribution in [0.3, 0.4) is 0 Å². The van der Waals surface area contributed by atoms with Crippen molar-refractivity contribution in [1.29, 1.82) is 5.26 Å². The van der Waals surface area contributed by atoms with Crippen molar-refractivity contribution in [3.05, 3.63) is 58.8 Å². The number of pyridine rings is 1. The third-order valence-electron chi connectivity index (χ3n) is 3.34. The van der Waals surface area contributed by atoms with Crippen LogP contribution in [0.25, 0.3) is 0 Å². The van der Waals surface area contributed by atoms with Gasteiger partial charge < -0.3 is 5.32 Å². The number of benzene rings is 1. The molecular weight excluding hydrogens is 234 g/mol. The van der Waals surface area contributed by atoms with Crippen LogP contribution < -0.4 is 5.32 Å². The number of anilines is 1. The SMILES string of the molecule is Cc1cccc(C(C)Nc2cccc(C#N)n2)c1C. The summed E-state index contributed by atoms with van der Waals surface area (Å²) in [6, 6.07) is 13.9. The molecule has 19 heavy (non-hydrogen) atoms. The van der Waals surface area contributed by atoms with Crippen LogP contribution in [0, 0.1) is 25.2 Å². The van der Waals surface area contributed by atoms with Gasteiger partial charge in [0.2, 0.25) is 0 Å². The van der Waals surface area contributed by atoms with Crippen LogP contribution in [0.1, 0.15) is 35.3 Å². The maximum absolute atomic E-state index is 8.85. The highest BCUT2D eigenvalue weighted by atomic mass is 15.0. The van der Waals surface area contributed by atoms with Crippen LogP contribution >= 0.6 is 0 Å². The summed E-state index contributed by atoms with van der Waals surface area (Å²) in [7, 11) is 0. The number of aromatic nitrogens is 1. The summed E-state index contributed by atoms with van der Waals surface area (Å²) < 4.78 is 0. The average Bonchev–Trinajstić information content (AvgIpc) is 2.42. The number of hydrogen-bond donors (Lipinski definition) is 1. The van der Waals surface area contributed by atoms with Crippen molar-refractivity contribution in [2.24, 2.45) is 0 Å². The molecule has 1 atom stereocenters. The maximum atomic E-state index is 8.85. The second-order valence-electron chi connectivity index (χ2n) is 4.68. The first kappa shape index (κ1) is 13.1. The van der Waals surface area contributed by atoms with Gasteiger partial charge in [0.05, 0.1) is 6.04 Å². The van der Waals surface area contributed by atoms with E-state index in [4.69, 9.17) is 5.26 Å². The summed E-state index contributed by atoms with van der Waals surface area (Å²) in [6.45, 7) is 6.34. The molecular formula is C16H17N3. The predicted octanol–water partition coefficient (Wildman–Crippen LogP) is 3.74. The molecule has 0 spiro atoms. The standard InChI is InChI=1S/C16H17N3/c1-11-6-4-8-15(12(11)2)13(3)18-16-9-5-7-14(10-17)19-16/h4-9,13H,1-3H3,(H,18,19). The van der Waals surface area contributed by atoms with Gasteiger partial charge in [0.15, 0.2) is 0 Å². The molecule has 1 N–H and O–H groups in total. The first-order chi connectivity index (χ1) is 9.11. The van der Waals surface area contributed by atoms with Crippen molar-refractivity contribution in [2.45, 2.75) is 26.8 Å². The van der Waals surface area contributed by atoms with Crippen LogP contribution in [0.4, 0.5) is 5.82 Å². The van der Waals surface area contributed by atoms with E-state index in [-0.39, 0.29) is 6.04 Å². The Hall–Kier alpha value is -2.34. The van der Waals surface area contributed by atoms with Crippen molar-refractivity contribution in [3.63, 3.8) is 0 Å². The Morgan fingerprint density at radius 2 is 1.89 bits per heavy atom. The van der Waals surface area contributed by atoms with Crippen LogP contribution in [0.2, 0.25) is 0 Å². The number of hydrogen-bond acceptors (Lipinski definition) is 3. The van der Waals surface area contributed by atoms with Gasteiger partial charge in [0, 0.05) is 0 Å². The zero-order valence-corrected chi connectivity index (χ0v) is 11.4. The predicted molar refractivity (Wildman–Crippen MR) is 76.9 cm³/mol. The fraction of sp³-hybridized carbons (Fsp3) is 0.250. The van der Waals surface area contributed by atoms with Crippen molar-refractivity contribution >= 4 is 5.82 Å². The van der Waals surface area contributed by atoms with Gasteiger partial charge in [-0.1, -0.05) is 24.3 Å². The number of aryl methyl sites for hydroxylation is 1. The second-order valence-corrected chi connectivity index (χ2v) is 4.68. The van der Waals surface area contributed by atoms with Crippen molar-refractivity contribution in [1.82, 2.24) is 4.98 Å². The van der Waals surface area contributed by atoms with E-state index in [0.717, 1.165) is 5.82 Å². The van der Waals surface area contributed by atoms with Gasteiger partial charge in [-0.3, -0.25) is 0 Å². The molecule has 0 aliphatic heterocycles. The minimum Gasteiger partial charge on any atom is -0.363 e. The van der Waals surface area contributed by atoms with Gasteiger partial charge in [-0.2, -0.15) is 5.26 Å². The third kappa shape index (κ3) is 2.92. The van der Waals surface area contributed by atoms with Gasteiger partial charge in [-0.25, -0.2) is 4.98 Å². The van der Waals surface area contributed by atoms with Gasteiger partial charge in [0.25, 0.3) is 0 Å². The fourth-order valence-electron chi connectivity index (χ4n) is 2.12. The highest BCUT2D eigenvalue weighted by molar-refractivity contribution is 5.43. The zero-order chi connectivity index (χ0) is 13.8. The molecule has 2 rings (SSSR count). The molecule has 0 radical (unpaired) electrons. The Balaban J connectivity index is 2.23. The van der Waals surface area contributed by atoms with Gasteiger partial charge in [0.1, 0.15) is 17.6 Å². The minimum atomic E-state index is 0.154. The van der Waals surface area contributed by atoms with Crippen LogP contribution in [0.15, 0.2) is 36.4 Å². The van der Waals surface area contributed by atoms with E-state index in [1.807, 2.05) is 18.2 Å². The van der Waals surface area contributed by atoms with E-state index in [9.17, 15) is 0 Å². The van der Waals surface area contributed by atoms with Crippen molar-refractivity contribution in [2.75, 3.05) is 5.32 Å². The molecule has 0 saturated heterocycles. The van der Waals surface area contributed by atoms with Crippen LogP contribution in [-0.4, -0.2) is 4.98 Å². The molecule has 0 aliphatic carbocycles. The van der Waals surface area contributed by atoms with Crippen molar-refractivity contribution < 1.29 is 0 Å². The van der Waals surface area contributed by atoms with E-state index in [2.05, 4.69) is 49.3 Å². The number of rotatable bonds is 3. The number of nitriles is 1. The van der Waals surface area contributed by atoms with E-state index < -0.39 is 0 Å². The minimum absolute atomic E-state index is 0.154. The first-order valence-electron chi connectivity index (χ1n) is 6.31. The number of nitrogens with zero attached hydrogens (tertiary/aromatic N) is 2. The molecule has 0 aliphatic rings. The van der Waals surface area contributed by atoms with Crippen LogP contribution in [-0.2, 0) is 0 Å². The molecule has 0 fully saturated rings. The lowest BCUT2D eigenvalue weighted by molar-refractivity contribution is 0.861. The molecule has 1 aromatic carbocycles. The smallest absolute Gasteiger partial charge is 0.142 e. The summed E-state index contributed by atoms with van der Waals surface area (Å²) in [5.41, 5.74) is 4.26. The molecule has 96 valence electrons. The Morgan fingerprint density at radius 3 is 2.63 bits per heavy atom. The Kier molecular flexibility index (Phi) is 3.82. The van der Waals surface area contributed by atoms with Gasteiger partial charge in [-0.15, -0.1) is 0 Å². The van der Waals surface area contributed by atoms with Crippen LogP contribution in [0.5, 0.6) is 0 Å². The molecule has 0 amide bonds. The summed E-state index contributed by atoms with van der Waals surface area (Å²) in [5.74, 6) is 0.729. The molecule has 1 unspecified atom stereocenters. The Bertz CT molecular complexity index is 626. The molecule has 1 aromatic heterocycles. The molecule has 2 aromatic rings. The molecule has 3 nitrogen and oxygen atoms in total. The fourth-order valence-corrected chi connectivity index (χ4v) is 2.12. The largest absolute Gasteiger partial charge is 0.363 e. The molecule has 3 heteroatoms. The highest BCUT2D eigenvalue weighted by Crippen LogP contribution is 2.23. The lowest BCUT2D eigenvalue weighted by atomic mass is 9.98. The van der Waals surface area contributed by atoms with Gasteiger partial charge in [-0.05, 0) is 49.6 Å². The van der Waals surface area contributed by atoms with Gasteiger partial charge >= 0.3 is 0 Å². The number of nitrogens with one attached hydrogen (secondary N) is 1. The first-order valence-corrected chi connectivity index (χ1v) is 6.31. The normalized spacial score (nSPS) is 11.7. The third-order valence-corrected chi connectivity index (χ3v) is 3.34. The quantitative estimate of drug-likeness (QED) is 0.904. The molecule has 0 saturated carbocycles. The summed E-state index contributed by atoms with van der Waals surface area (Å²) in [5, 5.41) is 12.2. The van der Waals surface area contributed by atoms with E-state index in [1.54, 1.807) is 6.07 Å². The maximum Gasteiger partial charge on any atom is 0.142 e. The monoisotopic (exact) mass is 251 g/mol. The Labute approximate surface area is 113 Å². The van der Waals surface area contributed by atoms with E-state index in [1.165, 1.54) is 16.7 Å². The Morgan fingerprint density at radius 1 is 1.16 bits per heavy atom. The molecule has 1 heterocycles. The average molecular weight is 251 g/mol. The highest BCUT2D eigenvalue weighted by Gasteiger charge is 2.10. The lowest BCUT2D eigenvalue weighted by Gasteiger charge is -2.18.